The van der Waals surface area contributed by atoms with Gasteiger partial charge in [0.05, 0.1) is 23.2 Å². The van der Waals surface area contributed by atoms with Gasteiger partial charge in [0.15, 0.2) is 0 Å². The maximum absolute atomic E-state index is 11.0. The first-order valence-corrected chi connectivity index (χ1v) is 6.15. The first-order valence-electron chi connectivity index (χ1n) is 6.15. The number of nitro benzene ring substituents is 1. The van der Waals surface area contributed by atoms with E-state index in [9.17, 15) is 10.1 Å². The smallest absolute Gasteiger partial charge is 0.293 e. The van der Waals surface area contributed by atoms with Crippen LogP contribution >= 0.6 is 0 Å². The van der Waals surface area contributed by atoms with Crippen molar-refractivity contribution in [3.05, 3.63) is 33.9 Å². The summed E-state index contributed by atoms with van der Waals surface area (Å²) >= 11 is 0. The molecule has 0 aliphatic carbocycles. The van der Waals surface area contributed by atoms with Gasteiger partial charge in [-0.1, -0.05) is 0 Å². The van der Waals surface area contributed by atoms with E-state index < -0.39 is 10.5 Å². The highest BCUT2D eigenvalue weighted by Crippen LogP contribution is 2.28. The fourth-order valence-electron chi connectivity index (χ4n) is 2.12. The van der Waals surface area contributed by atoms with E-state index >= 15 is 0 Å². The molecule has 0 saturated carbocycles. The predicted octanol–water partition coefficient (Wildman–Crippen LogP) is 1.68. The number of ether oxygens (including phenoxy) is 2. The van der Waals surface area contributed by atoms with Crippen molar-refractivity contribution in [3.63, 3.8) is 0 Å². The van der Waals surface area contributed by atoms with Crippen LogP contribution in [0.4, 0.5) is 11.4 Å². The van der Waals surface area contributed by atoms with Crippen LogP contribution in [0.15, 0.2) is 18.2 Å². The summed E-state index contributed by atoms with van der Waals surface area (Å²) in [5, 5.41) is 22.8. The molecule has 0 spiro atoms. The maximum atomic E-state index is 11.0. The quantitative estimate of drug-likeness (QED) is 0.649. The lowest BCUT2D eigenvalue weighted by molar-refractivity contribution is -0.384. The van der Waals surface area contributed by atoms with E-state index in [0.29, 0.717) is 25.4 Å². The van der Waals surface area contributed by atoms with E-state index in [0.717, 1.165) is 6.42 Å². The summed E-state index contributed by atoms with van der Waals surface area (Å²) in [6.07, 6.45) is 0.737. The molecule has 20 heavy (non-hydrogen) atoms. The van der Waals surface area contributed by atoms with Crippen molar-refractivity contribution >= 4 is 11.4 Å². The standard InChI is InChI=1S/C13H15N3O4/c1-19-13(4-5-20-9-13)8-15-11-3-2-10(7-14)6-12(11)16(17)18/h2-3,6,15H,4-5,8-9H2,1H3. The molecule has 0 bridgehead atoms. The maximum Gasteiger partial charge on any atom is 0.293 e. The molecule has 1 fully saturated rings. The number of benzene rings is 1. The Balaban J connectivity index is 2.17. The van der Waals surface area contributed by atoms with Crippen LogP contribution in [0.2, 0.25) is 0 Å². The zero-order valence-electron chi connectivity index (χ0n) is 11.1. The Kier molecular flexibility index (Phi) is 4.17. The molecule has 0 aromatic heterocycles. The fraction of sp³-hybridized carbons (Fsp3) is 0.462. The van der Waals surface area contributed by atoms with Crippen LogP contribution in [0.5, 0.6) is 0 Å². The first-order chi connectivity index (χ1) is 9.60. The Bertz CT molecular complexity index is 547. The highest BCUT2D eigenvalue weighted by atomic mass is 16.6. The van der Waals surface area contributed by atoms with Gasteiger partial charge in [0.1, 0.15) is 11.3 Å². The molecule has 1 heterocycles. The molecule has 7 heteroatoms. The van der Waals surface area contributed by atoms with E-state index in [1.807, 2.05) is 6.07 Å². The number of nitriles is 1. The monoisotopic (exact) mass is 277 g/mol. The molecule has 1 atom stereocenters. The minimum atomic E-state index is -0.506. The second-order valence-corrected chi connectivity index (χ2v) is 4.64. The van der Waals surface area contributed by atoms with Gasteiger partial charge in [-0.05, 0) is 12.1 Å². The SMILES string of the molecule is COC1(CNc2ccc(C#N)cc2[N+](=O)[O-])CCOC1. The summed E-state index contributed by atoms with van der Waals surface area (Å²) < 4.78 is 10.8. The predicted molar refractivity (Wildman–Crippen MR) is 71.5 cm³/mol. The Morgan fingerprint density at radius 3 is 3.00 bits per heavy atom. The molecule has 1 aromatic rings. The van der Waals surface area contributed by atoms with Crippen molar-refractivity contribution in [2.75, 3.05) is 32.2 Å². The zero-order valence-corrected chi connectivity index (χ0v) is 11.1. The van der Waals surface area contributed by atoms with Crippen molar-refractivity contribution in [2.24, 2.45) is 0 Å². The third-order valence-electron chi connectivity index (χ3n) is 3.42. The summed E-state index contributed by atoms with van der Waals surface area (Å²) in [6.45, 7) is 1.49. The van der Waals surface area contributed by atoms with E-state index in [2.05, 4.69) is 5.32 Å². The molecule has 1 unspecified atom stereocenters. The molecule has 1 aromatic carbocycles. The summed E-state index contributed by atoms with van der Waals surface area (Å²) in [5.74, 6) is 0. The van der Waals surface area contributed by atoms with Crippen LogP contribution in [-0.4, -0.2) is 37.4 Å². The highest BCUT2D eigenvalue weighted by molar-refractivity contribution is 5.64. The minimum Gasteiger partial charge on any atom is -0.378 e. The topological polar surface area (TPSA) is 97.4 Å². The number of nitrogens with one attached hydrogen (secondary N) is 1. The molecular weight excluding hydrogens is 262 g/mol. The zero-order chi connectivity index (χ0) is 14.6. The average Bonchev–Trinajstić information content (AvgIpc) is 2.94. The molecule has 1 N–H and O–H groups in total. The first kappa shape index (κ1) is 14.2. The van der Waals surface area contributed by atoms with Crippen molar-refractivity contribution in [1.29, 1.82) is 5.26 Å². The van der Waals surface area contributed by atoms with Gasteiger partial charge in [-0.2, -0.15) is 5.26 Å². The van der Waals surface area contributed by atoms with Crippen LogP contribution in [0.3, 0.4) is 0 Å². The second-order valence-electron chi connectivity index (χ2n) is 4.64. The number of hydrogen-bond acceptors (Lipinski definition) is 6. The van der Waals surface area contributed by atoms with Crippen LogP contribution in [0.25, 0.3) is 0 Å². The van der Waals surface area contributed by atoms with Gasteiger partial charge >= 0.3 is 0 Å². The molecule has 1 aliphatic heterocycles. The van der Waals surface area contributed by atoms with Gasteiger partial charge in [0.2, 0.25) is 0 Å². The van der Waals surface area contributed by atoms with Crippen LogP contribution in [0.1, 0.15) is 12.0 Å². The third-order valence-corrected chi connectivity index (χ3v) is 3.42. The average molecular weight is 277 g/mol. The van der Waals surface area contributed by atoms with Gasteiger partial charge in [-0.3, -0.25) is 10.1 Å². The third kappa shape index (κ3) is 2.87. The second kappa shape index (κ2) is 5.86. The van der Waals surface area contributed by atoms with Gasteiger partial charge < -0.3 is 14.8 Å². The number of nitrogens with zero attached hydrogens (tertiary/aromatic N) is 2. The molecule has 7 nitrogen and oxygen atoms in total. The van der Waals surface area contributed by atoms with Crippen LogP contribution < -0.4 is 5.32 Å². The summed E-state index contributed by atoms with van der Waals surface area (Å²) in [5.41, 5.74) is 0.0568. The summed E-state index contributed by atoms with van der Waals surface area (Å²) in [4.78, 5) is 10.5. The van der Waals surface area contributed by atoms with Gasteiger partial charge in [-0.25, -0.2) is 0 Å². The Hall–Kier alpha value is -2.17. The molecule has 106 valence electrons. The molecule has 2 rings (SSSR count). The van der Waals surface area contributed by atoms with Gasteiger partial charge in [0, 0.05) is 32.7 Å². The number of nitro groups is 1. The van der Waals surface area contributed by atoms with E-state index in [1.165, 1.54) is 12.1 Å². The Morgan fingerprint density at radius 1 is 1.65 bits per heavy atom. The lowest BCUT2D eigenvalue weighted by Gasteiger charge is -2.26. The Labute approximate surface area is 116 Å². The van der Waals surface area contributed by atoms with E-state index in [4.69, 9.17) is 14.7 Å². The van der Waals surface area contributed by atoms with Crippen LogP contribution in [0, 0.1) is 21.4 Å². The minimum absolute atomic E-state index is 0.116. The van der Waals surface area contributed by atoms with Crippen molar-refractivity contribution in [1.82, 2.24) is 0 Å². The molecule has 0 amide bonds. The van der Waals surface area contributed by atoms with Gasteiger partial charge in [0.25, 0.3) is 5.69 Å². The molecular formula is C13H15N3O4. The summed E-state index contributed by atoms with van der Waals surface area (Å²) in [7, 11) is 1.60. The van der Waals surface area contributed by atoms with Crippen molar-refractivity contribution < 1.29 is 14.4 Å². The van der Waals surface area contributed by atoms with Crippen molar-refractivity contribution in [2.45, 2.75) is 12.0 Å². The largest absolute Gasteiger partial charge is 0.378 e. The summed E-state index contributed by atoms with van der Waals surface area (Å²) in [6, 6.07) is 6.22. The fourth-order valence-corrected chi connectivity index (χ4v) is 2.12. The Morgan fingerprint density at radius 2 is 2.45 bits per heavy atom. The lowest BCUT2D eigenvalue weighted by atomic mass is 10.0. The van der Waals surface area contributed by atoms with Gasteiger partial charge in [-0.15, -0.1) is 0 Å². The lowest BCUT2D eigenvalue weighted by Crippen LogP contribution is -2.39. The van der Waals surface area contributed by atoms with Crippen molar-refractivity contribution in [3.8, 4) is 6.07 Å². The number of hydrogen-bond donors (Lipinski definition) is 1. The highest BCUT2D eigenvalue weighted by Gasteiger charge is 2.35. The van der Waals surface area contributed by atoms with E-state index in [-0.39, 0.29) is 11.3 Å². The number of rotatable bonds is 5. The molecule has 1 saturated heterocycles. The molecule has 1 aliphatic rings. The van der Waals surface area contributed by atoms with E-state index in [1.54, 1.807) is 13.2 Å². The normalized spacial score (nSPS) is 21.4. The van der Waals surface area contributed by atoms with Crippen LogP contribution in [-0.2, 0) is 9.47 Å². The number of anilines is 1. The number of methoxy groups -OCH3 is 1. The molecule has 0 radical (unpaired) electrons.